The van der Waals surface area contributed by atoms with Gasteiger partial charge in [0.1, 0.15) is 0 Å². The molecule has 1 aromatic heterocycles. The van der Waals surface area contributed by atoms with Crippen molar-refractivity contribution in [2.24, 2.45) is 0 Å². The van der Waals surface area contributed by atoms with Gasteiger partial charge in [0, 0.05) is 38.1 Å². The molecule has 1 aliphatic heterocycles. The van der Waals surface area contributed by atoms with Crippen molar-refractivity contribution in [3.05, 3.63) is 46.7 Å². The second-order valence-electron chi connectivity index (χ2n) is 6.01. The Balaban J connectivity index is 1.49. The lowest BCUT2D eigenvalue weighted by Gasteiger charge is -2.31. The molecule has 0 radical (unpaired) electrons. The Hall–Kier alpha value is -2.01. The zero-order valence-electron chi connectivity index (χ0n) is 14.0. The van der Waals surface area contributed by atoms with Crippen LogP contribution in [0.3, 0.4) is 0 Å². The van der Waals surface area contributed by atoms with Gasteiger partial charge in [0.25, 0.3) is 5.91 Å². The van der Waals surface area contributed by atoms with Gasteiger partial charge in [-0.3, -0.25) is 9.48 Å². The van der Waals surface area contributed by atoms with Crippen LogP contribution in [0.2, 0.25) is 5.02 Å². The minimum absolute atomic E-state index is 0.203. The van der Waals surface area contributed by atoms with Crippen LogP contribution in [0.15, 0.2) is 30.5 Å². The molecule has 0 bridgehead atoms. The Labute approximate surface area is 147 Å². The van der Waals surface area contributed by atoms with E-state index in [1.165, 1.54) is 17.7 Å². The highest BCUT2D eigenvalue weighted by molar-refractivity contribution is 6.33. The molecule has 24 heavy (non-hydrogen) atoms. The summed E-state index contributed by atoms with van der Waals surface area (Å²) in [6.07, 6.45) is 4.92. The molecule has 0 saturated heterocycles. The number of nitrogens with zero attached hydrogens (tertiary/aromatic N) is 3. The largest absolute Gasteiger partial charge is 0.371 e. The summed E-state index contributed by atoms with van der Waals surface area (Å²) < 4.78 is 1.67. The van der Waals surface area contributed by atoms with Crippen LogP contribution >= 0.6 is 11.6 Å². The third-order valence-electron chi connectivity index (χ3n) is 4.35. The molecular weight excluding hydrogens is 324 g/mol. The normalized spacial score (nSPS) is 13.7. The average Bonchev–Trinajstić information content (AvgIpc) is 2.99. The topological polar surface area (TPSA) is 50.2 Å². The summed E-state index contributed by atoms with van der Waals surface area (Å²) in [5.74, 6) is -0.203. The smallest absolute Gasteiger partial charge is 0.273 e. The maximum atomic E-state index is 12.2. The zero-order valence-corrected chi connectivity index (χ0v) is 14.7. The Morgan fingerprint density at radius 3 is 3.00 bits per heavy atom. The summed E-state index contributed by atoms with van der Waals surface area (Å²) >= 11 is 6.06. The summed E-state index contributed by atoms with van der Waals surface area (Å²) in [4.78, 5) is 14.6. The van der Waals surface area contributed by atoms with Crippen molar-refractivity contribution in [1.82, 2.24) is 15.1 Å². The van der Waals surface area contributed by atoms with Gasteiger partial charge in [-0.15, -0.1) is 0 Å². The lowest BCUT2D eigenvalue weighted by Crippen LogP contribution is -2.33. The fourth-order valence-electron chi connectivity index (χ4n) is 3.11. The number of aromatic nitrogens is 2. The van der Waals surface area contributed by atoms with Crippen LogP contribution < -0.4 is 10.2 Å². The number of hydrogen-bond donors (Lipinski definition) is 1. The van der Waals surface area contributed by atoms with Gasteiger partial charge in [-0.1, -0.05) is 29.8 Å². The van der Waals surface area contributed by atoms with E-state index >= 15 is 0 Å². The van der Waals surface area contributed by atoms with E-state index in [1.807, 2.05) is 6.92 Å². The molecular formula is C18H23ClN4O. The fraction of sp³-hybridized carbons (Fsp3) is 0.444. The van der Waals surface area contributed by atoms with E-state index in [-0.39, 0.29) is 5.91 Å². The molecule has 0 atom stereocenters. The molecule has 1 N–H and O–H groups in total. The number of rotatable bonds is 6. The van der Waals surface area contributed by atoms with Crippen molar-refractivity contribution in [3.8, 4) is 0 Å². The molecule has 1 aliphatic rings. The Morgan fingerprint density at radius 2 is 2.21 bits per heavy atom. The number of aryl methyl sites for hydroxylation is 2. The number of halogens is 1. The first-order valence-corrected chi connectivity index (χ1v) is 8.91. The van der Waals surface area contributed by atoms with Crippen molar-refractivity contribution in [1.29, 1.82) is 0 Å². The molecule has 0 unspecified atom stereocenters. The summed E-state index contributed by atoms with van der Waals surface area (Å²) in [6.45, 7) is 5.29. The molecule has 0 fully saturated rings. The number of carbonyl (C=O) groups is 1. The predicted molar refractivity (Wildman–Crippen MR) is 96.8 cm³/mol. The zero-order chi connectivity index (χ0) is 16.9. The molecule has 0 aliphatic carbocycles. The van der Waals surface area contributed by atoms with Gasteiger partial charge in [0.2, 0.25) is 0 Å². The molecule has 0 spiro atoms. The number of hydrogen-bond acceptors (Lipinski definition) is 3. The van der Waals surface area contributed by atoms with Crippen molar-refractivity contribution in [2.45, 2.75) is 32.7 Å². The standard InChI is InChI=1S/C18H23ClN4O/c1-2-23-13-15(19)17(21-23)18(24)20-10-6-12-22-11-5-8-14-7-3-4-9-16(14)22/h3-4,7,9,13H,2,5-6,8,10-12H2,1H3,(H,20,24). The van der Waals surface area contributed by atoms with Crippen LogP contribution in [-0.2, 0) is 13.0 Å². The van der Waals surface area contributed by atoms with Gasteiger partial charge in [-0.05, 0) is 37.8 Å². The highest BCUT2D eigenvalue weighted by Crippen LogP contribution is 2.26. The molecule has 5 nitrogen and oxygen atoms in total. The summed E-state index contributed by atoms with van der Waals surface area (Å²) in [6, 6.07) is 8.58. The van der Waals surface area contributed by atoms with Gasteiger partial charge in [0.15, 0.2) is 5.69 Å². The molecule has 2 aromatic rings. The first kappa shape index (κ1) is 16.8. The van der Waals surface area contributed by atoms with Gasteiger partial charge in [-0.25, -0.2) is 0 Å². The number of nitrogens with one attached hydrogen (secondary N) is 1. The van der Waals surface area contributed by atoms with Gasteiger partial charge >= 0.3 is 0 Å². The van der Waals surface area contributed by atoms with Crippen molar-refractivity contribution < 1.29 is 4.79 Å². The summed E-state index contributed by atoms with van der Waals surface area (Å²) in [5.41, 5.74) is 3.06. The summed E-state index contributed by atoms with van der Waals surface area (Å²) in [5, 5.41) is 7.51. The second-order valence-corrected chi connectivity index (χ2v) is 6.42. The third-order valence-corrected chi connectivity index (χ3v) is 4.63. The number of fused-ring (bicyclic) bond motifs is 1. The fourth-order valence-corrected chi connectivity index (χ4v) is 3.35. The first-order chi connectivity index (χ1) is 11.7. The SMILES string of the molecule is CCn1cc(Cl)c(C(=O)NCCCN2CCCc3ccccc32)n1. The maximum absolute atomic E-state index is 12.2. The van der Waals surface area contributed by atoms with E-state index < -0.39 is 0 Å². The summed E-state index contributed by atoms with van der Waals surface area (Å²) in [7, 11) is 0. The maximum Gasteiger partial charge on any atom is 0.273 e. The van der Waals surface area contributed by atoms with Crippen molar-refractivity contribution in [3.63, 3.8) is 0 Å². The number of amides is 1. The number of benzene rings is 1. The lowest BCUT2D eigenvalue weighted by atomic mass is 10.0. The van der Waals surface area contributed by atoms with Gasteiger partial charge in [0.05, 0.1) is 5.02 Å². The molecule has 2 heterocycles. The Kier molecular flexibility index (Phi) is 5.41. The molecule has 0 saturated carbocycles. The van der Waals surface area contributed by atoms with E-state index in [9.17, 15) is 4.79 Å². The quantitative estimate of drug-likeness (QED) is 0.817. The Bertz CT molecular complexity index is 713. The first-order valence-electron chi connectivity index (χ1n) is 8.53. The van der Waals surface area contributed by atoms with E-state index in [1.54, 1.807) is 10.9 Å². The predicted octanol–water partition coefficient (Wildman–Crippen LogP) is 3.13. The second kappa shape index (κ2) is 7.71. The van der Waals surface area contributed by atoms with Gasteiger partial charge in [-0.2, -0.15) is 5.10 Å². The number of carbonyl (C=O) groups excluding carboxylic acids is 1. The molecule has 128 valence electrons. The van der Waals surface area contributed by atoms with Gasteiger partial charge < -0.3 is 10.2 Å². The Morgan fingerprint density at radius 1 is 1.38 bits per heavy atom. The van der Waals surface area contributed by atoms with E-state index in [2.05, 4.69) is 39.6 Å². The van der Waals surface area contributed by atoms with Crippen LogP contribution in [0.25, 0.3) is 0 Å². The van der Waals surface area contributed by atoms with Crippen LogP contribution in [0.1, 0.15) is 35.8 Å². The van der Waals surface area contributed by atoms with Crippen molar-refractivity contribution >= 4 is 23.2 Å². The molecule has 6 heteroatoms. The molecule has 1 amide bonds. The van der Waals surface area contributed by atoms with Crippen LogP contribution in [0.4, 0.5) is 5.69 Å². The van der Waals surface area contributed by atoms with E-state index in [0.29, 0.717) is 23.8 Å². The average molecular weight is 347 g/mol. The lowest BCUT2D eigenvalue weighted by molar-refractivity contribution is 0.0947. The molecule has 1 aromatic carbocycles. The number of para-hydroxylation sites is 1. The van der Waals surface area contributed by atoms with Crippen LogP contribution in [-0.4, -0.2) is 35.3 Å². The highest BCUT2D eigenvalue weighted by atomic mass is 35.5. The number of anilines is 1. The van der Waals surface area contributed by atoms with E-state index in [4.69, 9.17) is 11.6 Å². The monoisotopic (exact) mass is 346 g/mol. The van der Waals surface area contributed by atoms with Crippen LogP contribution in [0.5, 0.6) is 0 Å². The van der Waals surface area contributed by atoms with Crippen LogP contribution in [0, 0.1) is 0 Å². The highest BCUT2D eigenvalue weighted by Gasteiger charge is 2.17. The minimum Gasteiger partial charge on any atom is -0.371 e. The van der Waals surface area contributed by atoms with E-state index in [0.717, 1.165) is 25.9 Å². The molecule has 3 rings (SSSR count). The minimum atomic E-state index is -0.203. The van der Waals surface area contributed by atoms with Crippen molar-refractivity contribution in [2.75, 3.05) is 24.5 Å². The third kappa shape index (κ3) is 3.73.